The molecule has 6 nitrogen and oxygen atoms in total. The second-order valence-corrected chi connectivity index (χ2v) is 3.13. The Morgan fingerprint density at radius 3 is 2.79 bits per heavy atom. The lowest BCUT2D eigenvalue weighted by molar-refractivity contribution is 0.0800. The van der Waals surface area contributed by atoms with E-state index < -0.39 is 24.0 Å². The first-order chi connectivity index (χ1) is 6.54. The van der Waals surface area contributed by atoms with Crippen molar-refractivity contribution in [3.8, 4) is 0 Å². The maximum absolute atomic E-state index is 11.1. The number of nitrogens with one attached hydrogen (secondary N) is 1. The Bertz CT molecular complexity index is 424. The van der Waals surface area contributed by atoms with Gasteiger partial charge in [0.1, 0.15) is 5.02 Å². The number of rotatable bonds is 3. The van der Waals surface area contributed by atoms with Crippen LogP contribution in [0, 0.1) is 0 Å². The molecule has 0 saturated carbocycles. The fourth-order valence-corrected chi connectivity index (χ4v) is 1.07. The molecule has 78 valence electrons. The quantitative estimate of drug-likeness (QED) is 0.580. The molecule has 14 heavy (non-hydrogen) atoms. The first-order valence-corrected chi connectivity index (χ1v) is 4.20. The molecule has 0 aliphatic heterocycles. The first kappa shape index (κ1) is 11.0. The summed E-state index contributed by atoms with van der Waals surface area (Å²) < 4.78 is 1.02. The third-order valence-electron chi connectivity index (χ3n) is 1.59. The minimum atomic E-state index is -1.06. The Hall–Kier alpha value is -1.11. The van der Waals surface area contributed by atoms with Crippen molar-refractivity contribution in [1.82, 2.24) is 9.55 Å². The summed E-state index contributed by atoms with van der Waals surface area (Å²) in [6.07, 6.45) is 0.0522. The minimum absolute atomic E-state index is 0.119. The van der Waals surface area contributed by atoms with Gasteiger partial charge in [-0.25, -0.2) is 4.79 Å². The van der Waals surface area contributed by atoms with Gasteiger partial charge in [0.2, 0.25) is 0 Å². The van der Waals surface area contributed by atoms with Crippen LogP contribution in [-0.4, -0.2) is 32.5 Å². The van der Waals surface area contributed by atoms with E-state index >= 15 is 0 Å². The zero-order valence-electron chi connectivity index (χ0n) is 7.11. The highest BCUT2D eigenvalue weighted by Gasteiger charge is 2.07. The van der Waals surface area contributed by atoms with Crippen LogP contribution in [0.5, 0.6) is 0 Å². The monoisotopic (exact) mass is 220 g/mol. The second-order valence-electron chi connectivity index (χ2n) is 2.73. The van der Waals surface area contributed by atoms with Crippen LogP contribution in [0.4, 0.5) is 0 Å². The van der Waals surface area contributed by atoms with E-state index in [1.165, 1.54) is 0 Å². The van der Waals surface area contributed by atoms with Crippen LogP contribution in [0.3, 0.4) is 0 Å². The van der Waals surface area contributed by atoms with Crippen LogP contribution < -0.4 is 11.2 Å². The number of aromatic nitrogens is 2. The summed E-state index contributed by atoms with van der Waals surface area (Å²) in [6, 6.07) is 0. The number of aliphatic hydroxyl groups is 2. The van der Waals surface area contributed by atoms with Gasteiger partial charge in [-0.05, 0) is 0 Å². The zero-order chi connectivity index (χ0) is 10.7. The summed E-state index contributed by atoms with van der Waals surface area (Å²) >= 11 is 5.46. The molecular formula is C7H9ClN2O4. The third kappa shape index (κ3) is 2.44. The summed E-state index contributed by atoms with van der Waals surface area (Å²) in [7, 11) is 0. The Morgan fingerprint density at radius 2 is 2.21 bits per heavy atom. The molecule has 0 bridgehead atoms. The predicted octanol–water partition coefficient (Wildman–Crippen LogP) is -1.46. The van der Waals surface area contributed by atoms with E-state index in [1.807, 2.05) is 4.98 Å². The number of hydrogen-bond acceptors (Lipinski definition) is 4. The lowest BCUT2D eigenvalue weighted by Crippen LogP contribution is -2.33. The average molecular weight is 221 g/mol. The Morgan fingerprint density at radius 1 is 1.57 bits per heavy atom. The molecule has 0 aliphatic carbocycles. The average Bonchev–Trinajstić information content (AvgIpc) is 2.14. The molecule has 0 saturated heterocycles. The van der Waals surface area contributed by atoms with Gasteiger partial charge < -0.3 is 10.2 Å². The summed E-state index contributed by atoms with van der Waals surface area (Å²) in [5.74, 6) is 0. The molecule has 7 heteroatoms. The van der Waals surface area contributed by atoms with Gasteiger partial charge in [0.25, 0.3) is 5.56 Å². The molecule has 1 unspecified atom stereocenters. The number of halogens is 1. The number of aliphatic hydroxyl groups excluding tert-OH is 2. The van der Waals surface area contributed by atoms with Crippen molar-refractivity contribution < 1.29 is 10.2 Å². The van der Waals surface area contributed by atoms with Crippen LogP contribution in [0.25, 0.3) is 0 Å². The van der Waals surface area contributed by atoms with E-state index in [-0.39, 0.29) is 11.6 Å². The van der Waals surface area contributed by atoms with Gasteiger partial charge in [-0.3, -0.25) is 14.3 Å². The molecule has 0 amide bonds. The van der Waals surface area contributed by atoms with Gasteiger partial charge in [-0.2, -0.15) is 0 Å². The number of hydrogen-bond donors (Lipinski definition) is 3. The molecule has 1 heterocycles. The van der Waals surface area contributed by atoms with Crippen LogP contribution in [0.2, 0.25) is 5.02 Å². The van der Waals surface area contributed by atoms with Crippen LogP contribution >= 0.6 is 11.6 Å². The minimum Gasteiger partial charge on any atom is -0.394 e. The standard InChI is InChI=1S/C7H9ClN2O4/c8-5-2-10(1-4(12)3-11)7(14)9-6(5)13/h2,4,11-12H,1,3H2,(H,9,13,14). The largest absolute Gasteiger partial charge is 0.394 e. The molecule has 0 fully saturated rings. The van der Waals surface area contributed by atoms with Crippen LogP contribution in [0.15, 0.2) is 15.8 Å². The highest BCUT2D eigenvalue weighted by molar-refractivity contribution is 6.30. The molecule has 1 rings (SSSR count). The summed E-state index contributed by atoms with van der Waals surface area (Å²) in [5, 5.41) is 17.4. The van der Waals surface area contributed by atoms with Crippen molar-refractivity contribution in [3.05, 3.63) is 32.1 Å². The molecule has 1 aromatic heterocycles. The van der Waals surface area contributed by atoms with Crippen molar-refractivity contribution in [2.45, 2.75) is 12.6 Å². The van der Waals surface area contributed by atoms with E-state index in [0.29, 0.717) is 0 Å². The van der Waals surface area contributed by atoms with Gasteiger partial charge >= 0.3 is 5.69 Å². The third-order valence-corrected chi connectivity index (χ3v) is 1.85. The van der Waals surface area contributed by atoms with Crippen molar-refractivity contribution in [1.29, 1.82) is 0 Å². The van der Waals surface area contributed by atoms with Crippen molar-refractivity contribution in [2.24, 2.45) is 0 Å². The fourth-order valence-electron chi connectivity index (χ4n) is 0.903. The molecule has 0 radical (unpaired) electrons. The molecule has 1 aromatic rings. The van der Waals surface area contributed by atoms with Crippen molar-refractivity contribution >= 4 is 11.6 Å². The highest BCUT2D eigenvalue weighted by Crippen LogP contribution is 1.96. The maximum Gasteiger partial charge on any atom is 0.328 e. The Labute approximate surface area is 83.4 Å². The van der Waals surface area contributed by atoms with Gasteiger partial charge in [0.05, 0.1) is 19.3 Å². The number of nitrogens with zero attached hydrogens (tertiary/aromatic N) is 1. The van der Waals surface area contributed by atoms with Gasteiger partial charge in [0.15, 0.2) is 0 Å². The normalized spacial score (nSPS) is 12.8. The molecule has 1 atom stereocenters. The van der Waals surface area contributed by atoms with Gasteiger partial charge in [0, 0.05) is 6.20 Å². The topological polar surface area (TPSA) is 95.3 Å². The van der Waals surface area contributed by atoms with E-state index in [2.05, 4.69) is 0 Å². The van der Waals surface area contributed by atoms with E-state index in [0.717, 1.165) is 10.8 Å². The summed E-state index contributed by atoms with van der Waals surface area (Å²) in [5.41, 5.74) is -1.35. The molecule has 0 aromatic carbocycles. The van der Waals surface area contributed by atoms with Crippen LogP contribution in [0.1, 0.15) is 0 Å². The highest BCUT2D eigenvalue weighted by atomic mass is 35.5. The van der Waals surface area contributed by atoms with E-state index in [9.17, 15) is 9.59 Å². The van der Waals surface area contributed by atoms with E-state index in [4.69, 9.17) is 21.8 Å². The molecule has 0 aliphatic rings. The lowest BCUT2D eigenvalue weighted by atomic mass is 10.4. The Kier molecular flexibility index (Phi) is 3.45. The summed E-state index contributed by atoms with van der Waals surface area (Å²) in [4.78, 5) is 23.9. The molecule has 0 spiro atoms. The lowest BCUT2D eigenvalue weighted by Gasteiger charge is -2.08. The van der Waals surface area contributed by atoms with Gasteiger partial charge in [-0.1, -0.05) is 11.6 Å². The van der Waals surface area contributed by atoms with Crippen molar-refractivity contribution in [2.75, 3.05) is 6.61 Å². The second kappa shape index (κ2) is 4.41. The molecule has 3 N–H and O–H groups in total. The summed E-state index contributed by atoms with van der Waals surface area (Å²) in [6.45, 7) is -0.588. The molecular weight excluding hydrogens is 212 g/mol. The fraction of sp³-hybridized carbons (Fsp3) is 0.429. The SMILES string of the molecule is O=c1[nH]c(=O)n(CC(O)CO)cc1Cl. The van der Waals surface area contributed by atoms with Crippen LogP contribution in [-0.2, 0) is 6.54 Å². The smallest absolute Gasteiger partial charge is 0.328 e. The predicted molar refractivity (Wildman–Crippen MR) is 49.4 cm³/mol. The zero-order valence-corrected chi connectivity index (χ0v) is 7.86. The van der Waals surface area contributed by atoms with Crippen molar-refractivity contribution in [3.63, 3.8) is 0 Å². The maximum atomic E-state index is 11.1. The first-order valence-electron chi connectivity index (χ1n) is 3.82. The number of H-pyrrole nitrogens is 1. The Balaban J connectivity index is 3.04. The van der Waals surface area contributed by atoms with E-state index in [1.54, 1.807) is 0 Å². The number of aromatic amines is 1. The van der Waals surface area contributed by atoms with Gasteiger partial charge in [-0.15, -0.1) is 0 Å².